The van der Waals surface area contributed by atoms with Crippen molar-refractivity contribution < 1.29 is 21.6 Å². The fourth-order valence-electron chi connectivity index (χ4n) is 2.22. The lowest BCUT2D eigenvalue weighted by atomic mass is 10.1. The number of hydrogen-bond acceptors (Lipinski definition) is 3. The summed E-state index contributed by atoms with van der Waals surface area (Å²) in [6.07, 6.45) is -3.43. The van der Waals surface area contributed by atoms with E-state index in [2.05, 4.69) is 0 Å². The quantitative estimate of drug-likeness (QED) is 0.898. The largest absolute Gasteiger partial charge is 0.417 e. The average Bonchev–Trinajstić information content (AvgIpc) is 2.37. The number of benzene rings is 1. The molecular formula is C12H14ClF3N2O2S. The van der Waals surface area contributed by atoms with Gasteiger partial charge in [-0.3, -0.25) is 0 Å². The number of alkyl halides is 3. The molecule has 0 aromatic heterocycles. The first-order valence-electron chi connectivity index (χ1n) is 6.25. The van der Waals surface area contributed by atoms with Crippen molar-refractivity contribution in [2.45, 2.75) is 30.0 Å². The van der Waals surface area contributed by atoms with Gasteiger partial charge in [-0.1, -0.05) is 11.6 Å². The normalized spacial score (nSPS) is 21.5. The first-order chi connectivity index (χ1) is 9.62. The molecule has 2 rings (SSSR count). The Morgan fingerprint density at radius 3 is 2.57 bits per heavy atom. The molecule has 1 aliphatic heterocycles. The van der Waals surface area contributed by atoms with Gasteiger partial charge in [0.05, 0.1) is 15.5 Å². The molecule has 0 saturated carbocycles. The van der Waals surface area contributed by atoms with E-state index in [1.807, 2.05) is 0 Å². The standard InChI is InChI=1S/C12H14ClF3N2O2S/c13-11-4-3-9(6-10(11)12(14,15)16)21(19,20)18-5-1-2-8(17)7-18/h3-4,6,8H,1-2,5,7,17H2/t8-/m0/s1. The second-order valence-electron chi connectivity index (χ2n) is 4.90. The van der Waals surface area contributed by atoms with E-state index in [-0.39, 0.29) is 19.1 Å². The van der Waals surface area contributed by atoms with Gasteiger partial charge in [0.2, 0.25) is 10.0 Å². The molecule has 1 heterocycles. The molecule has 1 fully saturated rings. The van der Waals surface area contributed by atoms with Crippen LogP contribution in [0.15, 0.2) is 23.1 Å². The third-order valence-electron chi connectivity index (χ3n) is 3.30. The van der Waals surface area contributed by atoms with Crippen molar-refractivity contribution in [2.75, 3.05) is 13.1 Å². The average molecular weight is 343 g/mol. The SMILES string of the molecule is N[C@H]1CCCN(S(=O)(=O)c2ccc(Cl)c(C(F)(F)F)c2)C1. The zero-order valence-electron chi connectivity index (χ0n) is 10.9. The highest BCUT2D eigenvalue weighted by molar-refractivity contribution is 7.89. The van der Waals surface area contributed by atoms with E-state index in [9.17, 15) is 21.6 Å². The highest BCUT2D eigenvalue weighted by Gasteiger charge is 2.36. The monoisotopic (exact) mass is 342 g/mol. The summed E-state index contributed by atoms with van der Waals surface area (Å²) in [5, 5.41) is -0.531. The van der Waals surface area contributed by atoms with Crippen LogP contribution in [0.1, 0.15) is 18.4 Å². The molecule has 1 aliphatic rings. The predicted octanol–water partition coefficient (Wildman–Crippen LogP) is 2.47. The molecular weight excluding hydrogens is 329 g/mol. The van der Waals surface area contributed by atoms with E-state index in [0.29, 0.717) is 18.9 Å². The topological polar surface area (TPSA) is 63.4 Å². The number of nitrogens with two attached hydrogens (primary N) is 1. The van der Waals surface area contributed by atoms with Gasteiger partial charge in [0.1, 0.15) is 0 Å². The molecule has 1 aromatic rings. The molecule has 1 saturated heterocycles. The van der Waals surface area contributed by atoms with Gasteiger partial charge in [0.15, 0.2) is 0 Å². The fraction of sp³-hybridized carbons (Fsp3) is 0.500. The van der Waals surface area contributed by atoms with Crippen LogP contribution in [-0.4, -0.2) is 31.9 Å². The minimum atomic E-state index is -4.71. The minimum absolute atomic E-state index is 0.103. The molecule has 9 heteroatoms. The van der Waals surface area contributed by atoms with Gasteiger partial charge in [0, 0.05) is 19.1 Å². The molecule has 1 atom stereocenters. The van der Waals surface area contributed by atoms with Crippen LogP contribution >= 0.6 is 11.6 Å². The zero-order valence-corrected chi connectivity index (χ0v) is 12.5. The molecule has 0 bridgehead atoms. The fourth-order valence-corrected chi connectivity index (χ4v) is 4.01. The van der Waals surface area contributed by atoms with Crippen molar-refractivity contribution in [3.05, 3.63) is 28.8 Å². The molecule has 118 valence electrons. The van der Waals surface area contributed by atoms with Gasteiger partial charge >= 0.3 is 6.18 Å². The Balaban J connectivity index is 2.41. The van der Waals surface area contributed by atoms with E-state index < -0.39 is 31.7 Å². The summed E-state index contributed by atoms with van der Waals surface area (Å²) in [4.78, 5) is -0.423. The number of piperidine rings is 1. The second kappa shape index (κ2) is 5.75. The third kappa shape index (κ3) is 3.50. The van der Waals surface area contributed by atoms with Gasteiger partial charge in [-0.05, 0) is 31.0 Å². The molecule has 0 spiro atoms. The summed E-state index contributed by atoms with van der Waals surface area (Å²) in [6, 6.07) is 2.29. The van der Waals surface area contributed by atoms with Gasteiger partial charge in [-0.2, -0.15) is 17.5 Å². The molecule has 1 aromatic carbocycles. The second-order valence-corrected chi connectivity index (χ2v) is 7.25. The molecule has 0 aliphatic carbocycles. The van der Waals surface area contributed by atoms with E-state index in [0.717, 1.165) is 16.4 Å². The Morgan fingerprint density at radius 1 is 1.33 bits per heavy atom. The van der Waals surface area contributed by atoms with Gasteiger partial charge in [-0.25, -0.2) is 8.42 Å². The maximum absolute atomic E-state index is 12.8. The summed E-state index contributed by atoms with van der Waals surface area (Å²) in [5.41, 5.74) is 4.56. The minimum Gasteiger partial charge on any atom is -0.327 e. The maximum atomic E-state index is 12.8. The molecule has 0 radical (unpaired) electrons. The van der Waals surface area contributed by atoms with Crippen LogP contribution in [0, 0.1) is 0 Å². The molecule has 2 N–H and O–H groups in total. The lowest BCUT2D eigenvalue weighted by Crippen LogP contribution is -2.45. The Bertz CT molecular complexity index is 634. The number of rotatable bonds is 2. The summed E-state index contributed by atoms with van der Waals surface area (Å²) in [7, 11) is -4.00. The molecule has 0 amide bonds. The number of hydrogen-bond donors (Lipinski definition) is 1. The van der Waals surface area contributed by atoms with E-state index in [1.54, 1.807) is 0 Å². The first-order valence-corrected chi connectivity index (χ1v) is 8.06. The zero-order chi connectivity index (χ0) is 15.8. The lowest BCUT2D eigenvalue weighted by molar-refractivity contribution is -0.137. The first kappa shape index (κ1) is 16.5. The van der Waals surface area contributed by atoms with Crippen LogP contribution in [0.2, 0.25) is 5.02 Å². The smallest absolute Gasteiger partial charge is 0.327 e. The number of halogens is 4. The Hall–Kier alpha value is -0.830. The van der Waals surface area contributed by atoms with E-state index in [1.165, 1.54) is 0 Å². The number of sulfonamides is 1. The van der Waals surface area contributed by atoms with Gasteiger partial charge in [-0.15, -0.1) is 0 Å². The van der Waals surface area contributed by atoms with E-state index in [4.69, 9.17) is 17.3 Å². The third-order valence-corrected chi connectivity index (χ3v) is 5.49. The summed E-state index contributed by atoms with van der Waals surface area (Å²) >= 11 is 5.49. The predicted molar refractivity (Wildman–Crippen MR) is 72.4 cm³/mol. The van der Waals surface area contributed by atoms with Crippen molar-refractivity contribution in [2.24, 2.45) is 5.73 Å². The Labute approximate surface area is 125 Å². The Kier molecular flexibility index (Phi) is 4.53. The van der Waals surface area contributed by atoms with Crippen LogP contribution in [0.25, 0.3) is 0 Å². The maximum Gasteiger partial charge on any atom is 0.417 e. The summed E-state index contributed by atoms with van der Waals surface area (Å²) < 4.78 is 64.3. The summed E-state index contributed by atoms with van der Waals surface area (Å²) in [6.45, 7) is 0.353. The van der Waals surface area contributed by atoms with Crippen LogP contribution in [-0.2, 0) is 16.2 Å². The van der Waals surface area contributed by atoms with Crippen LogP contribution < -0.4 is 5.73 Å². The molecule has 4 nitrogen and oxygen atoms in total. The molecule has 21 heavy (non-hydrogen) atoms. The van der Waals surface area contributed by atoms with Crippen molar-refractivity contribution in [3.63, 3.8) is 0 Å². The highest BCUT2D eigenvalue weighted by Crippen LogP contribution is 2.36. The van der Waals surface area contributed by atoms with E-state index >= 15 is 0 Å². The van der Waals surface area contributed by atoms with Crippen molar-refractivity contribution >= 4 is 21.6 Å². The van der Waals surface area contributed by atoms with Crippen LogP contribution in [0.4, 0.5) is 13.2 Å². The van der Waals surface area contributed by atoms with Crippen LogP contribution in [0.5, 0.6) is 0 Å². The number of nitrogens with zero attached hydrogens (tertiary/aromatic N) is 1. The molecule has 0 unspecified atom stereocenters. The van der Waals surface area contributed by atoms with Gasteiger partial charge in [0.25, 0.3) is 0 Å². The van der Waals surface area contributed by atoms with Crippen molar-refractivity contribution in [1.29, 1.82) is 0 Å². The summed E-state index contributed by atoms with van der Waals surface area (Å²) in [5.74, 6) is 0. The van der Waals surface area contributed by atoms with Crippen LogP contribution in [0.3, 0.4) is 0 Å². The van der Waals surface area contributed by atoms with Gasteiger partial charge < -0.3 is 5.73 Å². The van der Waals surface area contributed by atoms with Crippen molar-refractivity contribution in [3.8, 4) is 0 Å². The lowest BCUT2D eigenvalue weighted by Gasteiger charge is -2.30. The van der Waals surface area contributed by atoms with Crippen molar-refractivity contribution in [1.82, 2.24) is 4.31 Å². The highest BCUT2D eigenvalue weighted by atomic mass is 35.5. The Morgan fingerprint density at radius 2 is 2.00 bits per heavy atom.